The second-order valence-corrected chi connectivity index (χ2v) is 5.79. The highest BCUT2D eigenvalue weighted by Gasteiger charge is 2.13. The van der Waals surface area contributed by atoms with Crippen molar-refractivity contribution < 1.29 is 9.59 Å². The van der Waals surface area contributed by atoms with Gasteiger partial charge >= 0.3 is 11.8 Å². The molecule has 1 aromatic heterocycles. The Kier molecular flexibility index (Phi) is 4.20. The monoisotopic (exact) mass is 326 g/mol. The average Bonchev–Trinajstić information content (AvgIpc) is 2.90. The molecule has 0 saturated heterocycles. The van der Waals surface area contributed by atoms with Crippen molar-refractivity contribution in [3.8, 4) is 0 Å². The SMILES string of the molecule is Cn1/c(=N\NC(=O)C(=O)Nc2ccccc2)sc2ccccc21. The molecule has 0 saturated carbocycles. The number of para-hydroxylation sites is 2. The lowest BCUT2D eigenvalue weighted by Crippen LogP contribution is -2.34. The van der Waals surface area contributed by atoms with Crippen molar-refractivity contribution in [2.45, 2.75) is 0 Å². The van der Waals surface area contributed by atoms with E-state index >= 15 is 0 Å². The summed E-state index contributed by atoms with van der Waals surface area (Å²) in [7, 11) is 1.86. The quantitative estimate of drug-likeness (QED) is 0.557. The van der Waals surface area contributed by atoms with Gasteiger partial charge in [0.25, 0.3) is 0 Å². The first-order valence-corrected chi connectivity index (χ1v) is 7.71. The highest BCUT2D eigenvalue weighted by molar-refractivity contribution is 7.16. The molecule has 0 atom stereocenters. The fourth-order valence-electron chi connectivity index (χ4n) is 2.05. The fourth-order valence-corrected chi connectivity index (χ4v) is 3.03. The zero-order valence-corrected chi connectivity index (χ0v) is 13.1. The van der Waals surface area contributed by atoms with Crippen molar-refractivity contribution in [3.05, 3.63) is 59.4 Å². The number of amides is 2. The summed E-state index contributed by atoms with van der Waals surface area (Å²) in [5.41, 5.74) is 3.85. The van der Waals surface area contributed by atoms with Crippen LogP contribution in [0.2, 0.25) is 0 Å². The standard InChI is InChI=1S/C16H14N4O2S/c1-20-12-9-5-6-10-13(12)23-16(20)19-18-15(22)14(21)17-11-7-3-2-4-8-11/h2-10H,1H3,(H,17,21)(H,18,22)/b19-16+. The number of anilines is 1. The molecule has 0 radical (unpaired) electrons. The zero-order valence-electron chi connectivity index (χ0n) is 12.3. The maximum atomic E-state index is 11.8. The Morgan fingerprint density at radius 3 is 2.43 bits per heavy atom. The molecule has 0 unspecified atom stereocenters. The highest BCUT2D eigenvalue weighted by Crippen LogP contribution is 2.14. The summed E-state index contributed by atoms with van der Waals surface area (Å²) in [6.07, 6.45) is 0. The van der Waals surface area contributed by atoms with Crippen molar-refractivity contribution in [1.82, 2.24) is 9.99 Å². The fraction of sp³-hybridized carbons (Fsp3) is 0.0625. The molecule has 1 heterocycles. The van der Waals surface area contributed by atoms with Crippen LogP contribution in [0.3, 0.4) is 0 Å². The number of carbonyl (C=O) groups excluding carboxylic acids is 2. The third-order valence-corrected chi connectivity index (χ3v) is 4.32. The predicted molar refractivity (Wildman–Crippen MR) is 89.6 cm³/mol. The normalized spacial score (nSPS) is 11.4. The van der Waals surface area contributed by atoms with Crippen LogP contribution in [0.5, 0.6) is 0 Å². The first kappa shape index (κ1) is 15.0. The number of hydrogen-bond acceptors (Lipinski definition) is 4. The summed E-state index contributed by atoms with van der Waals surface area (Å²) in [4.78, 5) is 24.2. The first-order chi connectivity index (χ1) is 11.1. The summed E-state index contributed by atoms with van der Waals surface area (Å²) in [6, 6.07) is 16.6. The molecule has 0 fully saturated rings. The lowest BCUT2D eigenvalue weighted by molar-refractivity contribution is -0.136. The Morgan fingerprint density at radius 2 is 1.70 bits per heavy atom. The van der Waals surface area contributed by atoms with Crippen molar-refractivity contribution in [1.29, 1.82) is 0 Å². The molecular formula is C16H14N4O2S. The lowest BCUT2D eigenvalue weighted by atomic mass is 10.3. The van der Waals surface area contributed by atoms with Crippen LogP contribution in [0.1, 0.15) is 0 Å². The number of aromatic nitrogens is 1. The van der Waals surface area contributed by atoms with Gasteiger partial charge in [-0.05, 0) is 24.3 Å². The average molecular weight is 326 g/mol. The van der Waals surface area contributed by atoms with Crippen LogP contribution >= 0.6 is 11.3 Å². The van der Waals surface area contributed by atoms with E-state index < -0.39 is 11.8 Å². The van der Waals surface area contributed by atoms with Gasteiger partial charge in [0.15, 0.2) is 0 Å². The van der Waals surface area contributed by atoms with Gasteiger partial charge in [-0.15, -0.1) is 5.10 Å². The Bertz CT molecular complexity index is 928. The van der Waals surface area contributed by atoms with E-state index in [1.807, 2.05) is 41.9 Å². The molecule has 0 aliphatic carbocycles. The van der Waals surface area contributed by atoms with Crippen LogP contribution in [-0.4, -0.2) is 16.4 Å². The van der Waals surface area contributed by atoms with E-state index in [1.54, 1.807) is 24.3 Å². The molecule has 23 heavy (non-hydrogen) atoms. The van der Waals surface area contributed by atoms with Crippen LogP contribution in [0.4, 0.5) is 5.69 Å². The smallest absolute Gasteiger partial charge is 0.318 e. The number of benzene rings is 2. The minimum absolute atomic E-state index is 0.556. The van der Waals surface area contributed by atoms with Crippen molar-refractivity contribution in [2.75, 3.05) is 5.32 Å². The number of carbonyl (C=O) groups is 2. The molecule has 0 aliphatic heterocycles. The van der Waals surface area contributed by atoms with Crippen LogP contribution in [0, 0.1) is 0 Å². The van der Waals surface area contributed by atoms with Gasteiger partial charge in [-0.1, -0.05) is 41.7 Å². The molecule has 7 heteroatoms. The topological polar surface area (TPSA) is 75.5 Å². The molecule has 0 bridgehead atoms. The zero-order chi connectivity index (χ0) is 16.2. The molecule has 3 aromatic rings. The molecule has 3 rings (SSSR count). The summed E-state index contributed by atoms with van der Waals surface area (Å²) < 4.78 is 2.91. The third kappa shape index (κ3) is 3.29. The third-order valence-electron chi connectivity index (χ3n) is 3.21. The van der Waals surface area contributed by atoms with Crippen molar-refractivity contribution in [3.63, 3.8) is 0 Å². The van der Waals surface area contributed by atoms with E-state index in [2.05, 4.69) is 15.8 Å². The maximum absolute atomic E-state index is 11.8. The number of nitrogens with zero attached hydrogens (tertiary/aromatic N) is 2. The van der Waals surface area contributed by atoms with Crippen LogP contribution < -0.4 is 15.5 Å². The van der Waals surface area contributed by atoms with E-state index in [0.29, 0.717) is 10.5 Å². The van der Waals surface area contributed by atoms with E-state index in [9.17, 15) is 9.59 Å². The first-order valence-electron chi connectivity index (χ1n) is 6.90. The molecule has 0 spiro atoms. The molecule has 0 aliphatic rings. The second kappa shape index (κ2) is 6.45. The van der Waals surface area contributed by atoms with E-state index in [0.717, 1.165) is 10.2 Å². The number of rotatable bonds is 2. The number of thiazole rings is 1. The van der Waals surface area contributed by atoms with Gasteiger partial charge < -0.3 is 9.88 Å². The largest absolute Gasteiger partial charge is 0.329 e. The van der Waals surface area contributed by atoms with Gasteiger partial charge in [-0.2, -0.15) is 0 Å². The number of fused-ring (bicyclic) bond motifs is 1. The molecule has 116 valence electrons. The number of nitrogens with one attached hydrogen (secondary N) is 2. The van der Waals surface area contributed by atoms with Crippen LogP contribution in [0.15, 0.2) is 59.7 Å². The van der Waals surface area contributed by atoms with E-state index in [4.69, 9.17) is 0 Å². The van der Waals surface area contributed by atoms with Crippen molar-refractivity contribution >= 4 is 39.1 Å². The van der Waals surface area contributed by atoms with Gasteiger partial charge in [0.2, 0.25) is 4.80 Å². The second-order valence-electron chi connectivity index (χ2n) is 4.78. The summed E-state index contributed by atoms with van der Waals surface area (Å²) >= 11 is 1.43. The summed E-state index contributed by atoms with van der Waals surface area (Å²) in [5, 5.41) is 6.53. The van der Waals surface area contributed by atoms with E-state index in [1.165, 1.54) is 11.3 Å². The number of aryl methyl sites for hydroxylation is 1. The highest BCUT2D eigenvalue weighted by atomic mass is 32.1. The summed E-state index contributed by atoms with van der Waals surface area (Å²) in [5.74, 6) is -1.57. The number of hydrogen-bond donors (Lipinski definition) is 2. The van der Waals surface area contributed by atoms with Gasteiger partial charge in [0, 0.05) is 12.7 Å². The Hall–Kier alpha value is -2.93. The van der Waals surface area contributed by atoms with E-state index in [-0.39, 0.29) is 0 Å². The molecule has 2 N–H and O–H groups in total. The summed E-state index contributed by atoms with van der Waals surface area (Å²) in [6.45, 7) is 0. The minimum atomic E-state index is -0.814. The maximum Gasteiger partial charge on any atom is 0.329 e. The Morgan fingerprint density at radius 1 is 1.00 bits per heavy atom. The molecule has 2 amide bonds. The molecule has 6 nitrogen and oxygen atoms in total. The van der Waals surface area contributed by atoms with Gasteiger partial charge in [0.1, 0.15) is 0 Å². The Balaban J connectivity index is 1.74. The van der Waals surface area contributed by atoms with Crippen LogP contribution in [0.25, 0.3) is 10.2 Å². The minimum Gasteiger partial charge on any atom is -0.318 e. The molecular weight excluding hydrogens is 312 g/mol. The van der Waals surface area contributed by atoms with Gasteiger partial charge in [-0.25, -0.2) is 5.43 Å². The molecule has 2 aromatic carbocycles. The lowest BCUT2D eigenvalue weighted by Gasteiger charge is -2.02. The van der Waals surface area contributed by atoms with Gasteiger partial charge in [0.05, 0.1) is 10.2 Å². The van der Waals surface area contributed by atoms with Gasteiger partial charge in [-0.3, -0.25) is 9.59 Å². The van der Waals surface area contributed by atoms with Crippen molar-refractivity contribution in [2.24, 2.45) is 12.1 Å². The van der Waals surface area contributed by atoms with Crippen LogP contribution in [-0.2, 0) is 16.6 Å². The predicted octanol–water partition coefficient (Wildman–Crippen LogP) is 1.81. The Labute approximate surface area is 136 Å².